The van der Waals surface area contributed by atoms with Crippen molar-refractivity contribution in [3.8, 4) is 0 Å². The predicted molar refractivity (Wildman–Crippen MR) is 42.2 cm³/mol. The fourth-order valence-corrected chi connectivity index (χ4v) is 1.23. The highest BCUT2D eigenvalue weighted by atomic mass is 35.5. The molecule has 0 aliphatic carbocycles. The Morgan fingerprint density at radius 1 is 1.50 bits per heavy atom. The lowest BCUT2D eigenvalue weighted by Crippen LogP contribution is -3.14. The van der Waals surface area contributed by atoms with E-state index < -0.39 is 0 Å². The number of hydrogen-bond acceptors (Lipinski definition) is 3. The summed E-state index contributed by atoms with van der Waals surface area (Å²) in [6, 6.07) is 0. The van der Waals surface area contributed by atoms with Gasteiger partial charge in [-0.2, -0.15) is 10.0 Å². The van der Waals surface area contributed by atoms with E-state index in [0.29, 0.717) is 0 Å². The summed E-state index contributed by atoms with van der Waals surface area (Å²) in [5.41, 5.74) is 0. The molecule has 0 amide bonds. The Balaban J connectivity index is 0.000000720. The number of rotatable bonds is 1. The fraction of sp³-hybridized carbons (Fsp3) is 0.286. The van der Waals surface area contributed by atoms with Crippen LogP contribution in [0.1, 0.15) is 0 Å². The predicted octanol–water partition coefficient (Wildman–Crippen LogP) is -4.02. The molecule has 0 aromatic heterocycles. The summed E-state index contributed by atoms with van der Waals surface area (Å²) in [4.78, 5) is 4.17. The van der Waals surface area contributed by atoms with Gasteiger partial charge in [0.25, 0.3) is 5.84 Å². The molecule has 0 fully saturated rings. The molecule has 4 nitrogen and oxygen atoms in total. The third-order valence-electron chi connectivity index (χ3n) is 1.76. The van der Waals surface area contributed by atoms with Crippen molar-refractivity contribution >= 4 is 5.84 Å². The van der Waals surface area contributed by atoms with E-state index in [-0.39, 0.29) is 12.4 Å². The second-order valence-electron chi connectivity index (χ2n) is 2.72. The second-order valence-corrected chi connectivity index (χ2v) is 2.72. The SMILES string of the molecule is CN(C)N1C=CC2=NC=C[NH+]21.[Cl-]. The molecule has 1 atom stereocenters. The first-order chi connectivity index (χ1) is 5.29. The Morgan fingerprint density at radius 3 is 2.92 bits per heavy atom. The summed E-state index contributed by atoms with van der Waals surface area (Å²) in [6.07, 6.45) is 7.85. The van der Waals surface area contributed by atoms with Gasteiger partial charge in [0.1, 0.15) is 6.20 Å². The highest BCUT2D eigenvalue weighted by Crippen LogP contribution is 1.96. The monoisotopic (exact) mass is 186 g/mol. The summed E-state index contributed by atoms with van der Waals surface area (Å²) < 4.78 is 0. The molecule has 2 aliphatic heterocycles. The molecule has 66 valence electrons. The zero-order valence-electron chi connectivity index (χ0n) is 7.03. The van der Waals surface area contributed by atoms with Crippen LogP contribution in [0.2, 0.25) is 0 Å². The largest absolute Gasteiger partial charge is 1.00 e. The van der Waals surface area contributed by atoms with Crippen molar-refractivity contribution in [1.29, 1.82) is 0 Å². The standard InChI is InChI=1S/C7H10N4.ClH/c1-9(2)11-5-3-7-8-4-6-10(7)11;/h3-6H,1-2H3;1H. The van der Waals surface area contributed by atoms with Crippen molar-refractivity contribution in [2.24, 2.45) is 4.99 Å². The van der Waals surface area contributed by atoms with E-state index >= 15 is 0 Å². The first-order valence-corrected chi connectivity index (χ1v) is 3.55. The van der Waals surface area contributed by atoms with Crippen LogP contribution >= 0.6 is 0 Å². The zero-order chi connectivity index (χ0) is 7.84. The number of hydrazine groups is 1. The van der Waals surface area contributed by atoms with Crippen LogP contribution in [0, 0.1) is 0 Å². The molecule has 2 heterocycles. The molecular formula is C7H11ClN4. The Bertz CT molecular complexity index is 256. The van der Waals surface area contributed by atoms with Crippen LogP contribution < -0.4 is 17.4 Å². The van der Waals surface area contributed by atoms with E-state index in [1.54, 1.807) is 0 Å². The molecule has 2 rings (SSSR count). The molecule has 0 aromatic rings. The summed E-state index contributed by atoms with van der Waals surface area (Å²) in [5.74, 6) is 1.05. The van der Waals surface area contributed by atoms with Gasteiger partial charge in [0.15, 0.2) is 0 Å². The molecule has 0 spiro atoms. The van der Waals surface area contributed by atoms with E-state index in [1.165, 1.54) is 0 Å². The maximum absolute atomic E-state index is 4.17. The number of amidine groups is 1. The van der Waals surface area contributed by atoms with Gasteiger partial charge in [0.2, 0.25) is 0 Å². The van der Waals surface area contributed by atoms with Crippen molar-refractivity contribution < 1.29 is 17.4 Å². The minimum absolute atomic E-state index is 0. The molecule has 0 radical (unpaired) electrons. The maximum atomic E-state index is 4.17. The zero-order valence-corrected chi connectivity index (χ0v) is 7.78. The summed E-state index contributed by atoms with van der Waals surface area (Å²) in [6.45, 7) is 0. The first kappa shape index (κ1) is 9.25. The number of aliphatic imine (C=N–C) groups is 1. The van der Waals surface area contributed by atoms with Gasteiger partial charge < -0.3 is 12.4 Å². The smallest absolute Gasteiger partial charge is 0.258 e. The number of hydrogen-bond donors (Lipinski definition) is 1. The molecule has 1 N–H and O–H groups in total. The third kappa shape index (κ3) is 1.24. The Kier molecular flexibility index (Phi) is 2.52. The topological polar surface area (TPSA) is 23.3 Å². The average molecular weight is 187 g/mol. The molecule has 1 unspecified atom stereocenters. The summed E-state index contributed by atoms with van der Waals surface area (Å²) >= 11 is 0. The van der Waals surface area contributed by atoms with Gasteiger partial charge in [-0.25, -0.2) is 0 Å². The Hall–Kier alpha value is -0.840. The number of nitrogens with zero attached hydrogens (tertiary/aromatic N) is 3. The molecular weight excluding hydrogens is 176 g/mol. The van der Waals surface area contributed by atoms with Crippen LogP contribution in [-0.2, 0) is 0 Å². The van der Waals surface area contributed by atoms with Crippen LogP contribution in [0.25, 0.3) is 0 Å². The summed E-state index contributed by atoms with van der Waals surface area (Å²) in [7, 11) is 4.01. The van der Waals surface area contributed by atoms with Gasteiger partial charge in [0.05, 0.1) is 12.4 Å². The number of quaternary nitrogens is 1. The van der Waals surface area contributed by atoms with Gasteiger partial charge in [-0.1, -0.05) is 0 Å². The van der Waals surface area contributed by atoms with E-state index in [1.807, 2.05) is 43.8 Å². The van der Waals surface area contributed by atoms with Crippen LogP contribution in [0.15, 0.2) is 29.7 Å². The van der Waals surface area contributed by atoms with E-state index in [0.717, 1.165) is 10.8 Å². The van der Waals surface area contributed by atoms with Crippen molar-refractivity contribution in [2.75, 3.05) is 14.1 Å². The van der Waals surface area contributed by atoms with Crippen LogP contribution in [0.3, 0.4) is 0 Å². The molecule has 2 aliphatic rings. The van der Waals surface area contributed by atoms with E-state index in [4.69, 9.17) is 0 Å². The quantitative estimate of drug-likeness (QED) is 0.451. The lowest BCUT2D eigenvalue weighted by molar-refractivity contribution is -0.894. The van der Waals surface area contributed by atoms with Gasteiger partial charge in [0, 0.05) is 20.2 Å². The van der Waals surface area contributed by atoms with Crippen molar-refractivity contribution in [3.05, 3.63) is 24.7 Å². The molecule has 12 heavy (non-hydrogen) atoms. The molecule has 0 saturated heterocycles. The normalized spacial score (nSPS) is 24.4. The minimum atomic E-state index is 0. The van der Waals surface area contributed by atoms with Crippen LogP contribution in [0.4, 0.5) is 0 Å². The third-order valence-corrected chi connectivity index (χ3v) is 1.76. The number of halogens is 1. The maximum Gasteiger partial charge on any atom is 0.258 e. The lowest BCUT2D eigenvalue weighted by Gasteiger charge is -2.24. The first-order valence-electron chi connectivity index (χ1n) is 3.55. The Morgan fingerprint density at radius 2 is 2.25 bits per heavy atom. The van der Waals surface area contributed by atoms with Crippen molar-refractivity contribution in [3.63, 3.8) is 0 Å². The van der Waals surface area contributed by atoms with Crippen LogP contribution in [0.5, 0.6) is 0 Å². The van der Waals surface area contributed by atoms with Gasteiger partial charge in [-0.3, -0.25) is 0 Å². The van der Waals surface area contributed by atoms with E-state index in [9.17, 15) is 0 Å². The second kappa shape index (κ2) is 3.26. The minimum Gasteiger partial charge on any atom is -1.00 e. The Labute approximate surface area is 77.8 Å². The van der Waals surface area contributed by atoms with Crippen molar-refractivity contribution in [2.45, 2.75) is 0 Å². The lowest BCUT2D eigenvalue weighted by atomic mass is 10.6. The number of nitrogens with one attached hydrogen (secondary N) is 1. The average Bonchev–Trinajstić information content (AvgIpc) is 2.41. The molecule has 0 aromatic carbocycles. The molecule has 0 bridgehead atoms. The fourth-order valence-electron chi connectivity index (χ4n) is 1.23. The van der Waals surface area contributed by atoms with E-state index in [2.05, 4.69) is 10.1 Å². The van der Waals surface area contributed by atoms with Crippen LogP contribution in [-0.4, -0.2) is 30.1 Å². The molecule has 0 saturated carbocycles. The summed E-state index contributed by atoms with van der Waals surface area (Å²) in [5, 5.41) is 5.24. The highest BCUT2D eigenvalue weighted by molar-refractivity contribution is 5.88. The molecule has 5 heteroatoms. The van der Waals surface area contributed by atoms with Gasteiger partial charge in [-0.15, -0.1) is 10.1 Å². The number of fused-ring (bicyclic) bond motifs is 1. The highest BCUT2D eigenvalue weighted by Gasteiger charge is 2.29. The van der Waals surface area contributed by atoms with Gasteiger partial charge >= 0.3 is 0 Å². The van der Waals surface area contributed by atoms with Crippen molar-refractivity contribution in [1.82, 2.24) is 10.1 Å². The van der Waals surface area contributed by atoms with Gasteiger partial charge in [-0.05, 0) is 0 Å².